The van der Waals surface area contributed by atoms with Crippen molar-refractivity contribution >= 4 is 23.6 Å². The molecule has 100 valence electrons. The van der Waals surface area contributed by atoms with Gasteiger partial charge in [0.25, 0.3) is 0 Å². The van der Waals surface area contributed by atoms with Crippen molar-refractivity contribution in [3.63, 3.8) is 0 Å². The third-order valence-electron chi connectivity index (χ3n) is 1.97. The lowest BCUT2D eigenvalue weighted by Crippen LogP contribution is -2.29. The average molecular weight is 272 g/mol. The van der Waals surface area contributed by atoms with E-state index in [4.69, 9.17) is 5.11 Å². The molecule has 1 rings (SSSR count). The molecule has 0 radical (unpaired) electrons. The first-order chi connectivity index (χ1) is 8.49. The monoisotopic (exact) mass is 272 g/mol. The molecular weight excluding hydrogens is 256 g/mol. The van der Waals surface area contributed by atoms with Crippen molar-refractivity contribution < 1.29 is 14.7 Å². The van der Waals surface area contributed by atoms with E-state index < -0.39 is 5.97 Å². The zero-order chi connectivity index (χ0) is 13.5. The molecule has 7 nitrogen and oxygen atoms in total. The Hall–Kier alpha value is -1.57. The Morgan fingerprint density at radius 3 is 2.83 bits per heavy atom. The molecule has 0 spiro atoms. The fraction of sp³-hybridized carbons (Fsp3) is 0.600. The van der Waals surface area contributed by atoms with Crippen molar-refractivity contribution in [2.24, 2.45) is 0 Å². The maximum absolute atomic E-state index is 11.4. The summed E-state index contributed by atoms with van der Waals surface area (Å²) in [5, 5.41) is 18.9. The fourth-order valence-electron chi connectivity index (χ4n) is 1.11. The van der Waals surface area contributed by atoms with Gasteiger partial charge in [0.15, 0.2) is 5.69 Å². The lowest BCUT2D eigenvalue weighted by atomic mass is 10.5. The molecule has 18 heavy (non-hydrogen) atoms. The molecule has 0 saturated heterocycles. The summed E-state index contributed by atoms with van der Waals surface area (Å²) >= 11 is 1.57. The Balaban J connectivity index is 2.24. The highest BCUT2D eigenvalue weighted by Gasteiger charge is 2.08. The van der Waals surface area contributed by atoms with Gasteiger partial charge in [-0.1, -0.05) is 19.1 Å². The summed E-state index contributed by atoms with van der Waals surface area (Å²) in [6, 6.07) is 0. The lowest BCUT2D eigenvalue weighted by Gasteiger charge is -2.06. The van der Waals surface area contributed by atoms with E-state index in [2.05, 4.69) is 15.6 Å². The van der Waals surface area contributed by atoms with Crippen LogP contribution in [0.2, 0.25) is 0 Å². The first kappa shape index (κ1) is 14.5. The van der Waals surface area contributed by atoms with Crippen LogP contribution in [0.3, 0.4) is 0 Å². The highest BCUT2D eigenvalue weighted by Crippen LogP contribution is 2.07. The Morgan fingerprint density at radius 2 is 2.28 bits per heavy atom. The zero-order valence-electron chi connectivity index (χ0n) is 10.3. The number of carbonyl (C=O) groups is 2. The third kappa shape index (κ3) is 5.17. The summed E-state index contributed by atoms with van der Waals surface area (Å²) in [4.78, 5) is 21.9. The predicted molar refractivity (Wildman–Crippen MR) is 67.6 cm³/mol. The van der Waals surface area contributed by atoms with Crippen LogP contribution in [-0.4, -0.2) is 49.5 Å². The molecule has 2 N–H and O–H groups in total. The van der Waals surface area contributed by atoms with Crippen LogP contribution in [0.25, 0.3) is 0 Å². The van der Waals surface area contributed by atoms with Crippen LogP contribution >= 0.6 is 11.8 Å². The molecule has 0 aromatic carbocycles. The quantitative estimate of drug-likeness (QED) is 0.737. The SMILES string of the molecule is CC(C)SCC(=O)NCCn1cc(C(=O)O)nn1. The first-order valence-corrected chi connectivity index (χ1v) is 6.55. The van der Waals surface area contributed by atoms with E-state index in [-0.39, 0.29) is 11.6 Å². The summed E-state index contributed by atoms with van der Waals surface area (Å²) in [6.45, 7) is 4.86. The van der Waals surface area contributed by atoms with E-state index in [1.807, 2.05) is 13.8 Å². The number of aromatic carboxylic acids is 1. The number of carboxylic acids is 1. The van der Waals surface area contributed by atoms with Crippen LogP contribution in [0.4, 0.5) is 0 Å². The van der Waals surface area contributed by atoms with E-state index in [0.29, 0.717) is 24.1 Å². The van der Waals surface area contributed by atoms with Gasteiger partial charge in [-0.15, -0.1) is 16.9 Å². The number of amides is 1. The second-order valence-corrected chi connectivity index (χ2v) is 5.45. The Bertz CT molecular complexity index is 419. The summed E-state index contributed by atoms with van der Waals surface area (Å²) in [7, 11) is 0. The smallest absolute Gasteiger partial charge is 0.358 e. The molecule has 0 aliphatic rings. The highest BCUT2D eigenvalue weighted by atomic mass is 32.2. The van der Waals surface area contributed by atoms with Crippen molar-refractivity contribution in [1.29, 1.82) is 0 Å². The second kappa shape index (κ2) is 7.00. The van der Waals surface area contributed by atoms with Gasteiger partial charge < -0.3 is 10.4 Å². The molecule has 0 aliphatic carbocycles. The maximum Gasteiger partial charge on any atom is 0.358 e. The predicted octanol–water partition coefficient (Wildman–Crippen LogP) is 0.234. The van der Waals surface area contributed by atoms with Crippen LogP contribution in [0.5, 0.6) is 0 Å². The number of hydrogen-bond acceptors (Lipinski definition) is 5. The third-order valence-corrected chi connectivity index (χ3v) is 3.06. The molecule has 0 bridgehead atoms. The lowest BCUT2D eigenvalue weighted by molar-refractivity contribution is -0.118. The minimum atomic E-state index is -1.11. The molecule has 0 aliphatic heterocycles. The summed E-state index contributed by atoms with van der Waals surface area (Å²) in [5.74, 6) is -0.721. The van der Waals surface area contributed by atoms with E-state index >= 15 is 0 Å². The number of nitrogens with one attached hydrogen (secondary N) is 1. The second-order valence-electron chi connectivity index (χ2n) is 3.88. The standard InChI is InChI=1S/C10H16N4O3S/c1-7(2)18-6-9(15)11-3-4-14-5-8(10(16)17)12-13-14/h5,7H,3-4,6H2,1-2H3,(H,11,15)(H,16,17). The molecule has 1 aromatic rings. The zero-order valence-corrected chi connectivity index (χ0v) is 11.1. The van der Waals surface area contributed by atoms with E-state index in [0.717, 1.165) is 0 Å². The molecule has 8 heteroatoms. The van der Waals surface area contributed by atoms with Gasteiger partial charge >= 0.3 is 5.97 Å². The first-order valence-electron chi connectivity index (χ1n) is 5.50. The number of carboxylic acid groups (broad SMARTS) is 1. The van der Waals surface area contributed by atoms with Crippen LogP contribution in [0.1, 0.15) is 24.3 Å². The van der Waals surface area contributed by atoms with Gasteiger partial charge in [-0.25, -0.2) is 9.48 Å². The number of carbonyl (C=O) groups excluding carboxylic acids is 1. The molecule has 0 unspecified atom stereocenters. The Labute approximate surface area is 109 Å². The van der Waals surface area contributed by atoms with Crippen molar-refractivity contribution in [2.75, 3.05) is 12.3 Å². The van der Waals surface area contributed by atoms with E-state index in [1.54, 1.807) is 11.8 Å². The summed E-state index contributed by atoms with van der Waals surface area (Å²) in [5.41, 5.74) is -0.100. The van der Waals surface area contributed by atoms with E-state index in [1.165, 1.54) is 10.9 Å². The Kier molecular flexibility index (Phi) is 5.63. The number of rotatable bonds is 7. The van der Waals surface area contributed by atoms with Gasteiger partial charge in [0, 0.05) is 6.54 Å². The molecule has 0 saturated carbocycles. The number of thioether (sulfide) groups is 1. The molecule has 0 atom stereocenters. The highest BCUT2D eigenvalue weighted by molar-refractivity contribution is 8.00. The number of hydrogen-bond donors (Lipinski definition) is 2. The van der Waals surface area contributed by atoms with Gasteiger partial charge in [-0.05, 0) is 5.25 Å². The van der Waals surface area contributed by atoms with Crippen molar-refractivity contribution in [2.45, 2.75) is 25.6 Å². The van der Waals surface area contributed by atoms with Crippen LogP contribution in [-0.2, 0) is 11.3 Å². The van der Waals surface area contributed by atoms with Crippen LogP contribution in [0, 0.1) is 0 Å². The molecular formula is C10H16N4O3S. The van der Waals surface area contributed by atoms with Gasteiger partial charge in [0.2, 0.25) is 5.91 Å². The topological polar surface area (TPSA) is 97.1 Å². The average Bonchev–Trinajstić information content (AvgIpc) is 2.75. The molecule has 1 aromatic heterocycles. The van der Waals surface area contributed by atoms with E-state index in [9.17, 15) is 9.59 Å². The number of aromatic nitrogens is 3. The number of nitrogens with zero attached hydrogens (tertiary/aromatic N) is 3. The Morgan fingerprint density at radius 1 is 1.56 bits per heavy atom. The molecule has 1 amide bonds. The minimum Gasteiger partial charge on any atom is -0.476 e. The molecule has 0 fully saturated rings. The van der Waals surface area contributed by atoms with Crippen molar-refractivity contribution in [1.82, 2.24) is 20.3 Å². The van der Waals surface area contributed by atoms with Crippen LogP contribution in [0.15, 0.2) is 6.20 Å². The minimum absolute atomic E-state index is 0.0349. The summed E-state index contributed by atoms with van der Waals surface area (Å²) < 4.78 is 1.39. The molecule has 1 heterocycles. The van der Waals surface area contributed by atoms with Crippen LogP contribution < -0.4 is 5.32 Å². The van der Waals surface area contributed by atoms with Gasteiger partial charge in [-0.2, -0.15) is 0 Å². The van der Waals surface area contributed by atoms with Gasteiger partial charge in [0.05, 0.1) is 18.5 Å². The van der Waals surface area contributed by atoms with Crippen molar-refractivity contribution in [3.05, 3.63) is 11.9 Å². The normalized spacial score (nSPS) is 10.6. The maximum atomic E-state index is 11.4. The fourth-order valence-corrected chi connectivity index (χ4v) is 1.70. The van der Waals surface area contributed by atoms with Crippen molar-refractivity contribution in [3.8, 4) is 0 Å². The van der Waals surface area contributed by atoms with Gasteiger partial charge in [0.1, 0.15) is 0 Å². The van der Waals surface area contributed by atoms with Gasteiger partial charge in [-0.3, -0.25) is 4.79 Å². The largest absolute Gasteiger partial charge is 0.476 e. The summed E-state index contributed by atoms with van der Waals surface area (Å²) in [6.07, 6.45) is 1.33.